The smallest absolute Gasteiger partial charge is 0.132 e. The van der Waals surface area contributed by atoms with E-state index in [2.05, 4.69) is 6.92 Å². The molecule has 0 heterocycles. The summed E-state index contributed by atoms with van der Waals surface area (Å²) >= 11 is 0. The Hall–Kier alpha value is -0.160. The van der Waals surface area contributed by atoms with E-state index in [0.717, 1.165) is 48.9 Å². The Morgan fingerprint density at radius 2 is 1.69 bits per heavy atom. The van der Waals surface area contributed by atoms with Gasteiger partial charge in [-0.2, -0.15) is 5.06 Å². The lowest BCUT2D eigenvalue weighted by Crippen LogP contribution is -2.52. The normalized spacial score (nSPS) is 52.3. The van der Waals surface area contributed by atoms with Crippen molar-refractivity contribution in [3.63, 3.8) is 0 Å². The van der Waals surface area contributed by atoms with Gasteiger partial charge in [-0.05, 0) is 99.7 Å². The third-order valence-electron chi connectivity index (χ3n) is 9.33. The highest BCUT2D eigenvalue weighted by Gasteiger charge is 2.59. The topological polar surface area (TPSA) is 52.9 Å². The summed E-state index contributed by atoms with van der Waals surface area (Å²) in [6.07, 6.45) is 10.3. The lowest BCUT2D eigenvalue weighted by molar-refractivity contribution is -0.236. The highest BCUT2D eigenvalue weighted by molar-refractivity contribution is 5.07. The molecule has 4 aliphatic rings. The van der Waals surface area contributed by atoms with Crippen molar-refractivity contribution in [3.8, 4) is 0 Å². The average Bonchev–Trinajstić information content (AvgIpc) is 2.96. The van der Waals surface area contributed by atoms with Gasteiger partial charge in [0.25, 0.3) is 0 Å². The molecule has 4 rings (SSSR count). The van der Waals surface area contributed by atoms with Gasteiger partial charge in [0.15, 0.2) is 0 Å². The van der Waals surface area contributed by atoms with Gasteiger partial charge in [0.2, 0.25) is 0 Å². The fourth-order valence-corrected chi connectivity index (χ4v) is 7.97. The van der Waals surface area contributed by atoms with Crippen LogP contribution in [0.2, 0.25) is 0 Å². The zero-order valence-corrected chi connectivity index (χ0v) is 17.2. The lowest BCUT2D eigenvalue weighted by Gasteiger charge is -2.57. The molecule has 4 heteroatoms. The molecule has 0 aromatic rings. The number of aliphatic hydroxyl groups is 2. The molecule has 2 N–H and O–H groups in total. The number of aliphatic hydroxyl groups excluding tert-OH is 1. The Bertz CT molecular complexity index is 524. The van der Waals surface area contributed by atoms with Crippen LogP contribution in [0.1, 0.15) is 71.6 Å². The number of nitrogens with zero attached hydrogens (tertiary/aromatic N) is 1. The Labute approximate surface area is 159 Å². The second-order valence-electron chi connectivity index (χ2n) is 10.5. The third-order valence-corrected chi connectivity index (χ3v) is 9.33. The van der Waals surface area contributed by atoms with E-state index in [4.69, 9.17) is 4.84 Å². The molecule has 150 valence electrons. The van der Waals surface area contributed by atoms with Crippen LogP contribution in [0.15, 0.2) is 0 Å². The molecular weight excluding hydrogens is 326 g/mol. The monoisotopic (exact) mass is 365 g/mol. The number of fused-ring (bicyclic) bond motifs is 5. The summed E-state index contributed by atoms with van der Waals surface area (Å²) in [5.74, 6) is 4.36. The number of hydrogen-bond acceptors (Lipinski definition) is 4. The number of hydrogen-bond donors (Lipinski definition) is 2. The molecule has 0 amide bonds. The van der Waals surface area contributed by atoms with Gasteiger partial charge in [0, 0.05) is 13.0 Å². The van der Waals surface area contributed by atoms with E-state index in [-0.39, 0.29) is 5.41 Å². The van der Waals surface area contributed by atoms with Crippen LogP contribution < -0.4 is 0 Å². The molecule has 0 radical (unpaired) electrons. The maximum atomic E-state index is 10.8. The third kappa shape index (κ3) is 2.96. The lowest BCUT2D eigenvalue weighted by atomic mass is 9.49. The van der Waals surface area contributed by atoms with Crippen LogP contribution in [0.4, 0.5) is 0 Å². The van der Waals surface area contributed by atoms with Crippen LogP contribution in [-0.2, 0) is 4.84 Å². The molecule has 0 spiro atoms. The van der Waals surface area contributed by atoms with Crippen LogP contribution in [-0.4, -0.2) is 41.3 Å². The SMILES string of the molecule is CON(C)C(O)C1CC[C@H]2C3CC[C@@H]4C[C@](C)(O)CCC4[C@H]3CCC12C. The summed E-state index contributed by atoms with van der Waals surface area (Å²) in [4.78, 5) is 5.31. The minimum atomic E-state index is -0.493. The molecular formula is C22H39NO3. The summed E-state index contributed by atoms with van der Waals surface area (Å²) in [6.45, 7) is 4.50. The first kappa shape index (κ1) is 19.2. The van der Waals surface area contributed by atoms with E-state index in [1.54, 1.807) is 12.2 Å². The predicted molar refractivity (Wildman–Crippen MR) is 102 cm³/mol. The molecule has 0 aliphatic heterocycles. The number of rotatable bonds is 3. The van der Waals surface area contributed by atoms with Crippen LogP contribution in [0, 0.1) is 40.9 Å². The molecule has 4 saturated carbocycles. The first-order chi connectivity index (χ1) is 12.3. The quantitative estimate of drug-likeness (QED) is 0.590. The Morgan fingerprint density at radius 1 is 0.962 bits per heavy atom. The Kier molecular flexibility index (Phi) is 4.95. The van der Waals surface area contributed by atoms with E-state index in [0.29, 0.717) is 5.92 Å². The maximum absolute atomic E-state index is 10.8. The van der Waals surface area contributed by atoms with Crippen molar-refractivity contribution in [1.82, 2.24) is 5.06 Å². The summed E-state index contributed by atoms with van der Waals surface area (Å²) in [5, 5.41) is 23.0. The fourth-order valence-electron chi connectivity index (χ4n) is 7.97. The molecule has 4 aliphatic carbocycles. The van der Waals surface area contributed by atoms with E-state index in [9.17, 15) is 10.2 Å². The molecule has 4 nitrogen and oxygen atoms in total. The van der Waals surface area contributed by atoms with Gasteiger partial charge < -0.3 is 15.1 Å². The summed E-state index contributed by atoms with van der Waals surface area (Å²) in [6, 6.07) is 0. The zero-order valence-electron chi connectivity index (χ0n) is 17.2. The summed E-state index contributed by atoms with van der Waals surface area (Å²) in [7, 11) is 3.50. The van der Waals surface area contributed by atoms with Gasteiger partial charge in [-0.1, -0.05) is 6.92 Å². The van der Waals surface area contributed by atoms with Gasteiger partial charge in [0.1, 0.15) is 6.23 Å². The highest BCUT2D eigenvalue weighted by Crippen LogP contribution is 2.65. The standard InChI is InChI=1S/C22H39NO3/c1-21(25)11-9-15-14(13-21)5-6-17-16(15)10-12-22(2)18(17)7-8-19(22)20(24)23(3)26-4/h14-20,24-25H,5-13H2,1-4H3/t14-,15?,16-,17?,18+,19?,20?,21-,22?/m1/s1. The van der Waals surface area contributed by atoms with Crippen molar-refractivity contribution in [3.05, 3.63) is 0 Å². The van der Waals surface area contributed by atoms with E-state index >= 15 is 0 Å². The van der Waals surface area contributed by atoms with E-state index < -0.39 is 11.8 Å². The minimum Gasteiger partial charge on any atom is -0.390 e. The molecule has 26 heavy (non-hydrogen) atoms. The van der Waals surface area contributed by atoms with Crippen LogP contribution in [0.5, 0.6) is 0 Å². The average molecular weight is 366 g/mol. The van der Waals surface area contributed by atoms with Crippen molar-refractivity contribution in [1.29, 1.82) is 0 Å². The largest absolute Gasteiger partial charge is 0.390 e. The first-order valence-corrected chi connectivity index (χ1v) is 10.9. The maximum Gasteiger partial charge on any atom is 0.132 e. The van der Waals surface area contributed by atoms with Gasteiger partial charge in [-0.15, -0.1) is 0 Å². The van der Waals surface area contributed by atoms with E-state index in [1.807, 2.05) is 14.0 Å². The molecule has 9 atom stereocenters. The first-order valence-electron chi connectivity index (χ1n) is 10.9. The molecule has 0 bridgehead atoms. The molecule has 0 aromatic carbocycles. The molecule has 5 unspecified atom stereocenters. The summed E-state index contributed by atoms with van der Waals surface area (Å²) < 4.78 is 0. The highest BCUT2D eigenvalue weighted by atomic mass is 16.7. The van der Waals surface area contributed by atoms with Crippen LogP contribution in [0.3, 0.4) is 0 Å². The van der Waals surface area contributed by atoms with E-state index in [1.165, 1.54) is 38.5 Å². The van der Waals surface area contributed by atoms with Crippen molar-refractivity contribution in [2.45, 2.75) is 83.5 Å². The Morgan fingerprint density at radius 3 is 2.42 bits per heavy atom. The van der Waals surface area contributed by atoms with Crippen LogP contribution >= 0.6 is 0 Å². The van der Waals surface area contributed by atoms with Crippen LogP contribution in [0.25, 0.3) is 0 Å². The molecule has 4 fully saturated rings. The van der Waals surface area contributed by atoms with Crippen molar-refractivity contribution in [2.24, 2.45) is 40.9 Å². The van der Waals surface area contributed by atoms with Gasteiger partial charge in [-0.25, -0.2) is 0 Å². The van der Waals surface area contributed by atoms with Crippen molar-refractivity contribution in [2.75, 3.05) is 14.2 Å². The molecule has 0 aromatic heterocycles. The van der Waals surface area contributed by atoms with Gasteiger partial charge >= 0.3 is 0 Å². The Balaban J connectivity index is 1.51. The second-order valence-corrected chi connectivity index (χ2v) is 10.5. The predicted octanol–water partition coefficient (Wildman–Crippen LogP) is 3.82. The fraction of sp³-hybridized carbons (Fsp3) is 1.00. The zero-order chi connectivity index (χ0) is 18.7. The number of hydroxylamine groups is 2. The molecule has 0 saturated heterocycles. The minimum absolute atomic E-state index is 0.250. The van der Waals surface area contributed by atoms with Gasteiger partial charge in [0.05, 0.1) is 12.7 Å². The second kappa shape index (κ2) is 6.72. The van der Waals surface area contributed by atoms with Crippen molar-refractivity contribution >= 4 is 0 Å². The van der Waals surface area contributed by atoms with Gasteiger partial charge in [-0.3, -0.25) is 0 Å². The summed E-state index contributed by atoms with van der Waals surface area (Å²) in [5.41, 5.74) is -0.176. The van der Waals surface area contributed by atoms with Crippen molar-refractivity contribution < 1.29 is 15.1 Å².